The van der Waals surface area contributed by atoms with Crippen LogP contribution in [0.3, 0.4) is 0 Å². The number of hydrogen-bond donors (Lipinski definition) is 0. The number of imide groups is 1. The van der Waals surface area contributed by atoms with Crippen molar-refractivity contribution in [2.45, 2.75) is 94.5 Å². The fourth-order valence-corrected chi connectivity index (χ4v) is 3.50. The fraction of sp³-hybridized carbons (Fsp3) is 0.692. The van der Waals surface area contributed by atoms with Crippen LogP contribution in [0.1, 0.15) is 104 Å². The molecule has 1 aliphatic heterocycles. The van der Waals surface area contributed by atoms with Gasteiger partial charge in [-0.15, -0.1) is 0 Å². The van der Waals surface area contributed by atoms with Gasteiger partial charge in [0.25, 0.3) is 5.91 Å². The van der Waals surface area contributed by atoms with Gasteiger partial charge >= 0.3 is 0 Å². The van der Waals surface area contributed by atoms with E-state index in [0.717, 1.165) is 49.9 Å². The van der Waals surface area contributed by atoms with Crippen molar-refractivity contribution in [3.05, 3.63) is 35.4 Å². The summed E-state index contributed by atoms with van der Waals surface area (Å²) in [6, 6.07) is 7.85. The summed E-state index contributed by atoms with van der Waals surface area (Å²) in [5.74, 6) is -0.170. The molecule has 0 radical (unpaired) electrons. The lowest BCUT2D eigenvalue weighted by Gasteiger charge is -2.35. The van der Waals surface area contributed by atoms with E-state index in [9.17, 15) is 9.59 Å². The van der Waals surface area contributed by atoms with Gasteiger partial charge < -0.3 is 4.48 Å². The second kappa shape index (κ2) is 18.1. The van der Waals surface area contributed by atoms with Crippen molar-refractivity contribution in [1.29, 1.82) is 0 Å². The number of benzene rings is 1. The van der Waals surface area contributed by atoms with Crippen LogP contribution in [-0.2, 0) is 11.3 Å². The van der Waals surface area contributed by atoms with E-state index in [1.54, 1.807) is 0 Å². The third kappa shape index (κ3) is 9.42. The summed E-state index contributed by atoms with van der Waals surface area (Å²) in [4.78, 5) is 26.2. The highest BCUT2D eigenvalue weighted by Crippen LogP contribution is 2.18. The van der Waals surface area contributed by atoms with E-state index in [1.165, 1.54) is 10.5 Å². The van der Waals surface area contributed by atoms with Crippen molar-refractivity contribution >= 4 is 11.8 Å². The van der Waals surface area contributed by atoms with E-state index in [4.69, 9.17) is 0 Å². The predicted octanol–water partition coefficient (Wildman–Crippen LogP) is 6.68. The molecule has 0 spiro atoms. The highest BCUT2D eigenvalue weighted by Gasteiger charge is 2.25. The smallest absolute Gasteiger partial charge is 0.260 e. The lowest BCUT2D eigenvalue weighted by Crippen LogP contribution is -2.46. The summed E-state index contributed by atoms with van der Waals surface area (Å²) >= 11 is 0. The Labute approximate surface area is 187 Å². The van der Waals surface area contributed by atoms with Crippen LogP contribution >= 0.6 is 0 Å². The van der Waals surface area contributed by atoms with Gasteiger partial charge in [-0.3, -0.25) is 14.5 Å². The first-order valence-corrected chi connectivity index (χ1v) is 12.3. The molecule has 0 N–H and O–H groups in total. The topological polar surface area (TPSA) is 37.4 Å². The number of hydrogen-bond acceptors (Lipinski definition) is 2. The Bertz CT molecular complexity index is 555. The zero-order valence-electron chi connectivity index (χ0n) is 21.4. The van der Waals surface area contributed by atoms with Crippen molar-refractivity contribution in [1.82, 2.24) is 4.90 Å². The van der Waals surface area contributed by atoms with Gasteiger partial charge in [0.05, 0.1) is 19.6 Å². The Balaban J connectivity index is 0. The molecule has 4 heteroatoms. The third-order valence-electron chi connectivity index (χ3n) is 5.55. The minimum absolute atomic E-state index is 0.0276. The summed E-state index contributed by atoms with van der Waals surface area (Å²) in [5, 5.41) is 0. The first kappa shape index (κ1) is 30.5. The molecule has 174 valence electrons. The molecule has 0 aromatic heterocycles. The zero-order valence-corrected chi connectivity index (χ0v) is 21.4. The average molecular weight is 422 g/mol. The Morgan fingerprint density at radius 3 is 1.80 bits per heavy atom. The van der Waals surface area contributed by atoms with Gasteiger partial charge in [0, 0.05) is 24.1 Å². The lowest BCUT2D eigenvalue weighted by molar-refractivity contribution is -0.936. The molecule has 0 aliphatic carbocycles. The molecule has 0 unspecified atom stereocenters. The second-order valence-corrected chi connectivity index (χ2v) is 6.81. The molecule has 1 aromatic rings. The van der Waals surface area contributed by atoms with E-state index in [2.05, 4.69) is 20.8 Å². The largest absolute Gasteiger partial charge is 0.321 e. The molecule has 1 saturated heterocycles. The molecule has 4 nitrogen and oxygen atoms in total. The van der Waals surface area contributed by atoms with Crippen LogP contribution in [0.15, 0.2) is 24.3 Å². The van der Waals surface area contributed by atoms with Crippen LogP contribution in [0.25, 0.3) is 0 Å². The third-order valence-corrected chi connectivity index (χ3v) is 5.55. The van der Waals surface area contributed by atoms with Crippen LogP contribution in [0.2, 0.25) is 0 Å². The van der Waals surface area contributed by atoms with Crippen molar-refractivity contribution in [3.8, 4) is 0 Å². The van der Waals surface area contributed by atoms with Crippen LogP contribution < -0.4 is 0 Å². The van der Waals surface area contributed by atoms with Crippen molar-refractivity contribution < 1.29 is 14.1 Å². The average Bonchev–Trinajstić information content (AvgIpc) is 3.05. The molecule has 2 amide bonds. The van der Waals surface area contributed by atoms with E-state index in [-0.39, 0.29) is 11.8 Å². The van der Waals surface area contributed by atoms with Gasteiger partial charge in [0.1, 0.15) is 6.54 Å². The molecule has 1 aromatic carbocycles. The molecule has 2 rings (SSSR count). The molecule has 30 heavy (non-hydrogen) atoms. The van der Waals surface area contributed by atoms with Crippen LogP contribution in [-0.4, -0.2) is 47.4 Å². The molecule has 0 bridgehead atoms. The molecule has 1 heterocycles. The summed E-state index contributed by atoms with van der Waals surface area (Å²) in [5.41, 5.74) is 1.87. The first-order valence-electron chi connectivity index (χ1n) is 12.3. The summed E-state index contributed by atoms with van der Waals surface area (Å²) in [6.45, 7) is 23.6. The van der Waals surface area contributed by atoms with Gasteiger partial charge in [-0.05, 0) is 45.7 Å². The standard InChI is InChI=1S/C20H31N2O2.3C2H6/c1-4-22(5-2,6-3)16-17-11-13-18(14-12-17)20(24)21-15-9-7-8-10-19(21)23;3*1-2/h11-14H,4-10,15-16H2,1-3H3;3*1-2H3/q+1;;;. The van der Waals surface area contributed by atoms with E-state index >= 15 is 0 Å². The Hall–Kier alpha value is -1.68. The number of rotatable bonds is 6. The van der Waals surface area contributed by atoms with Crippen LogP contribution in [0.5, 0.6) is 0 Å². The van der Waals surface area contributed by atoms with E-state index in [1.807, 2.05) is 65.8 Å². The molecule has 0 atom stereocenters. The van der Waals surface area contributed by atoms with Crippen molar-refractivity contribution in [3.63, 3.8) is 0 Å². The zero-order chi connectivity index (χ0) is 23.6. The lowest BCUT2D eigenvalue weighted by atomic mass is 10.1. The normalized spacial score (nSPS) is 13.5. The predicted molar refractivity (Wildman–Crippen MR) is 131 cm³/mol. The minimum Gasteiger partial charge on any atom is -0.321 e. The summed E-state index contributed by atoms with van der Waals surface area (Å²) in [7, 11) is 0. The maximum Gasteiger partial charge on any atom is 0.260 e. The second-order valence-electron chi connectivity index (χ2n) is 6.81. The number of carbonyl (C=O) groups excluding carboxylic acids is 2. The monoisotopic (exact) mass is 421 g/mol. The number of carbonyl (C=O) groups is 2. The highest BCUT2D eigenvalue weighted by atomic mass is 16.2. The van der Waals surface area contributed by atoms with E-state index in [0.29, 0.717) is 18.5 Å². The Kier molecular flexibility index (Phi) is 18.4. The van der Waals surface area contributed by atoms with Gasteiger partial charge in [0.15, 0.2) is 0 Å². The Morgan fingerprint density at radius 2 is 1.33 bits per heavy atom. The number of quaternary nitrogens is 1. The van der Waals surface area contributed by atoms with Gasteiger partial charge in [-0.2, -0.15) is 0 Å². The fourth-order valence-electron chi connectivity index (χ4n) is 3.50. The molecular weight excluding hydrogens is 372 g/mol. The number of amides is 2. The van der Waals surface area contributed by atoms with Crippen molar-refractivity contribution in [2.75, 3.05) is 26.2 Å². The van der Waals surface area contributed by atoms with E-state index < -0.39 is 0 Å². The van der Waals surface area contributed by atoms with Gasteiger partial charge in [-0.1, -0.05) is 60.1 Å². The van der Waals surface area contributed by atoms with Crippen LogP contribution in [0, 0.1) is 0 Å². The van der Waals surface area contributed by atoms with Gasteiger partial charge in [-0.25, -0.2) is 0 Å². The van der Waals surface area contributed by atoms with Gasteiger partial charge in [0.2, 0.25) is 5.91 Å². The maximum atomic E-state index is 12.6. The molecule has 1 fully saturated rings. The molecule has 0 saturated carbocycles. The SMILES string of the molecule is CC.CC.CC.CC[N+](CC)(CC)Cc1ccc(C(=O)N2CCCCCC2=O)cc1. The summed E-state index contributed by atoms with van der Waals surface area (Å²) in [6.07, 6.45) is 3.33. The maximum absolute atomic E-state index is 12.6. The first-order chi connectivity index (χ1) is 14.5. The molecular formula is C26H49N2O2+. The summed E-state index contributed by atoms with van der Waals surface area (Å²) < 4.78 is 1.05. The van der Waals surface area contributed by atoms with Crippen LogP contribution in [0.4, 0.5) is 0 Å². The highest BCUT2D eigenvalue weighted by molar-refractivity contribution is 6.04. The Morgan fingerprint density at radius 1 is 0.833 bits per heavy atom. The minimum atomic E-state index is -0.143. The number of nitrogens with zero attached hydrogens (tertiary/aromatic N) is 2. The van der Waals surface area contributed by atoms with Crippen molar-refractivity contribution in [2.24, 2.45) is 0 Å². The number of likely N-dealkylation sites (tertiary alicyclic amines) is 1. The quantitative estimate of drug-likeness (QED) is 0.379. The molecule has 1 aliphatic rings.